The number of benzene rings is 2. The molecule has 1 aromatic heterocycles. The summed E-state index contributed by atoms with van der Waals surface area (Å²) in [4.78, 5) is 12.4. The standard InChI is InChI=1S/C20H18F3N3O/c1-14-7-9-16(10-8-14)19(15-5-3-2-4-6-15)24-18(27)13-26-12-11-17(25-26)20(21,22)23/h2-12,19H,13H2,1H3,(H,24,27). The summed E-state index contributed by atoms with van der Waals surface area (Å²) >= 11 is 0. The van der Waals surface area contributed by atoms with Crippen molar-refractivity contribution in [2.24, 2.45) is 0 Å². The number of carbonyl (C=O) groups excluding carboxylic acids is 1. The molecule has 3 rings (SSSR count). The van der Waals surface area contributed by atoms with Gasteiger partial charge >= 0.3 is 6.18 Å². The summed E-state index contributed by atoms with van der Waals surface area (Å²) in [5, 5.41) is 6.30. The maximum absolute atomic E-state index is 12.6. The van der Waals surface area contributed by atoms with Crippen molar-refractivity contribution in [3.63, 3.8) is 0 Å². The highest BCUT2D eigenvalue weighted by molar-refractivity contribution is 5.76. The second kappa shape index (κ2) is 7.65. The molecule has 1 unspecified atom stereocenters. The van der Waals surface area contributed by atoms with Crippen LogP contribution in [-0.4, -0.2) is 15.7 Å². The van der Waals surface area contributed by atoms with Gasteiger partial charge in [-0.05, 0) is 24.1 Å². The SMILES string of the molecule is Cc1ccc(C(NC(=O)Cn2ccc(C(F)(F)F)n2)c2ccccc2)cc1. The van der Waals surface area contributed by atoms with Gasteiger partial charge in [0.25, 0.3) is 0 Å². The molecule has 0 spiro atoms. The largest absolute Gasteiger partial charge is 0.435 e. The van der Waals surface area contributed by atoms with E-state index in [2.05, 4.69) is 10.4 Å². The van der Waals surface area contributed by atoms with E-state index in [1.54, 1.807) is 0 Å². The number of hydrogen-bond acceptors (Lipinski definition) is 2. The summed E-state index contributed by atoms with van der Waals surface area (Å²) in [5.74, 6) is -0.429. The summed E-state index contributed by atoms with van der Waals surface area (Å²) in [6.07, 6.45) is -3.39. The Bertz CT molecular complexity index is 902. The second-order valence-electron chi connectivity index (χ2n) is 6.22. The van der Waals surface area contributed by atoms with Gasteiger partial charge in [-0.2, -0.15) is 18.3 Å². The smallest absolute Gasteiger partial charge is 0.344 e. The molecule has 3 aromatic rings. The van der Waals surface area contributed by atoms with Crippen molar-refractivity contribution in [1.29, 1.82) is 0 Å². The first-order valence-corrected chi connectivity index (χ1v) is 8.34. The summed E-state index contributed by atoms with van der Waals surface area (Å²) < 4.78 is 38.9. The average molecular weight is 373 g/mol. The van der Waals surface area contributed by atoms with E-state index in [4.69, 9.17) is 0 Å². The summed E-state index contributed by atoms with van der Waals surface area (Å²) in [6, 6.07) is 17.6. The summed E-state index contributed by atoms with van der Waals surface area (Å²) in [5.41, 5.74) is 1.84. The molecule has 1 N–H and O–H groups in total. The van der Waals surface area contributed by atoms with Crippen molar-refractivity contribution in [2.75, 3.05) is 0 Å². The van der Waals surface area contributed by atoms with Crippen molar-refractivity contribution in [3.05, 3.63) is 89.2 Å². The molecule has 0 radical (unpaired) electrons. The highest BCUT2D eigenvalue weighted by Gasteiger charge is 2.33. The monoisotopic (exact) mass is 373 g/mol. The molecular weight excluding hydrogens is 355 g/mol. The van der Waals surface area contributed by atoms with E-state index in [9.17, 15) is 18.0 Å². The fourth-order valence-corrected chi connectivity index (χ4v) is 2.72. The van der Waals surface area contributed by atoms with Gasteiger partial charge in [-0.25, -0.2) is 0 Å². The molecular formula is C20H18F3N3O. The van der Waals surface area contributed by atoms with E-state index in [0.717, 1.165) is 33.6 Å². The maximum Gasteiger partial charge on any atom is 0.435 e. The van der Waals surface area contributed by atoms with Crippen LogP contribution < -0.4 is 5.32 Å². The average Bonchev–Trinajstić information content (AvgIpc) is 3.10. The minimum atomic E-state index is -4.53. The van der Waals surface area contributed by atoms with Gasteiger partial charge in [0.15, 0.2) is 5.69 Å². The van der Waals surface area contributed by atoms with E-state index in [-0.39, 0.29) is 6.54 Å². The molecule has 0 aliphatic heterocycles. The number of rotatable bonds is 5. The summed E-state index contributed by atoms with van der Waals surface area (Å²) in [7, 11) is 0. The number of nitrogens with zero attached hydrogens (tertiary/aromatic N) is 2. The van der Waals surface area contributed by atoms with Gasteiger partial charge in [0.05, 0.1) is 6.04 Å². The van der Waals surface area contributed by atoms with Crippen LogP contribution in [0.2, 0.25) is 0 Å². The van der Waals surface area contributed by atoms with Crippen LogP contribution in [0, 0.1) is 6.92 Å². The highest BCUT2D eigenvalue weighted by atomic mass is 19.4. The van der Waals surface area contributed by atoms with Crippen LogP contribution >= 0.6 is 0 Å². The highest BCUT2D eigenvalue weighted by Crippen LogP contribution is 2.27. The first-order valence-electron chi connectivity index (χ1n) is 8.34. The molecule has 2 aromatic carbocycles. The third-order valence-electron chi connectivity index (χ3n) is 4.09. The molecule has 1 heterocycles. The number of halogens is 3. The number of carbonyl (C=O) groups is 1. The van der Waals surface area contributed by atoms with E-state index in [0.29, 0.717) is 0 Å². The molecule has 1 atom stereocenters. The van der Waals surface area contributed by atoms with Gasteiger partial charge in [0, 0.05) is 6.20 Å². The summed E-state index contributed by atoms with van der Waals surface area (Å²) in [6.45, 7) is 1.67. The lowest BCUT2D eigenvalue weighted by molar-refractivity contribution is -0.141. The quantitative estimate of drug-likeness (QED) is 0.731. The lowest BCUT2D eigenvalue weighted by atomic mass is 9.98. The Labute approximate surface area is 154 Å². The molecule has 7 heteroatoms. The minimum Gasteiger partial charge on any atom is -0.344 e. The third-order valence-corrected chi connectivity index (χ3v) is 4.09. The van der Waals surface area contributed by atoms with Gasteiger partial charge in [0.1, 0.15) is 6.54 Å². The van der Waals surface area contributed by atoms with Crippen LogP contribution in [0.3, 0.4) is 0 Å². The predicted molar refractivity (Wildman–Crippen MR) is 94.8 cm³/mol. The molecule has 0 aliphatic rings. The molecule has 1 amide bonds. The van der Waals surface area contributed by atoms with Gasteiger partial charge in [-0.3, -0.25) is 9.48 Å². The number of alkyl halides is 3. The van der Waals surface area contributed by atoms with Gasteiger partial charge in [-0.15, -0.1) is 0 Å². The third kappa shape index (κ3) is 4.75. The van der Waals surface area contributed by atoms with Crippen molar-refractivity contribution < 1.29 is 18.0 Å². The van der Waals surface area contributed by atoms with Gasteiger partial charge < -0.3 is 5.32 Å². The normalized spacial score (nSPS) is 12.6. The van der Waals surface area contributed by atoms with E-state index >= 15 is 0 Å². The molecule has 140 valence electrons. The van der Waals surface area contributed by atoms with E-state index in [1.165, 1.54) is 0 Å². The topological polar surface area (TPSA) is 46.9 Å². The zero-order valence-corrected chi connectivity index (χ0v) is 14.6. The van der Waals surface area contributed by atoms with Crippen LogP contribution in [0.5, 0.6) is 0 Å². The molecule has 27 heavy (non-hydrogen) atoms. The number of amides is 1. The Morgan fingerprint density at radius 2 is 1.67 bits per heavy atom. The number of nitrogens with one attached hydrogen (secondary N) is 1. The zero-order valence-electron chi connectivity index (χ0n) is 14.6. The Morgan fingerprint density at radius 3 is 2.26 bits per heavy atom. The Morgan fingerprint density at radius 1 is 1.04 bits per heavy atom. The molecule has 0 fully saturated rings. The van der Waals surface area contributed by atoms with Crippen molar-refractivity contribution in [1.82, 2.24) is 15.1 Å². The molecule has 0 saturated heterocycles. The number of hydrogen-bond donors (Lipinski definition) is 1. The first kappa shape index (κ1) is 18.7. The Kier molecular flexibility index (Phi) is 5.30. The van der Waals surface area contributed by atoms with E-state index in [1.807, 2.05) is 61.5 Å². The lowest BCUT2D eigenvalue weighted by Crippen LogP contribution is -2.32. The maximum atomic E-state index is 12.6. The van der Waals surface area contributed by atoms with Crippen molar-refractivity contribution in [2.45, 2.75) is 25.7 Å². The van der Waals surface area contributed by atoms with Crippen molar-refractivity contribution in [3.8, 4) is 0 Å². The Hall–Kier alpha value is -3.09. The predicted octanol–water partition coefficient (Wildman–Crippen LogP) is 4.12. The van der Waals surface area contributed by atoms with Crippen molar-refractivity contribution >= 4 is 5.91 Å². The number of aryl methyl sites for hydroxylation is 1. The number of aromatic nitrogens is 2. The van der Waals surface area contributed by atoms with Crippen LogP contribution in [0.15, 0.2) is 66.9 Å². The minimum absolute atomic E-state index is 0.300. The molecule has 0 aliphatic carbocycles. The second-order valence-corrected chi connectivity index (χ2v) is 6.22. The molecule has 0 saturated carbocycles. The van der Waals surface area contributed by atoms with Crippen LogP contribution in [-0.2, 0) is 17.5 Å². The van der Waals surface area contributed by atoms with Crippen LogP contribution in [0.1, 0.15) is 28.4 Å². The lowest BCUT2D eigenvalue weighted by Gasteiger charge is -2.20. The van der Waals surface area contributed by atoms with E-state index < -0.39 is 23.8 Å². The molecule has 4 nitrogen and oxygen atoms in total. The zero-order chi connectivity index (χ0) is 19.4. The first-order chi connectivity index (χ1) is 12.8. The van der Waals surface area contributed by atoms with Gasteiger partial charge in [-0.1, -0.05) is 60.2 Å². The Balaban J connectivity index is 1.78. The fraction of sp³-hybridized carbons (Fsp3) is 0.200. The fourth-order valence-electron chi connectivity index (χ4n) is 2.72. The van der Waals surface area contributed by atoms with Crippen LogP contribution in [0.4, 0.5) is 13.2 Å². The van der Waals surface area contributed by atoms with Crippen LogP contribution in [0.25, 0.3) is 0 Å². The molecule has 0 bridgehead atoms. The van der Waals surface area contributed by atoms with Gasteiger partial charge in [0.2, 0.25) is 5.91 Å².